The van der Waals surface area contributed by atoms with Crippen LogP contribution < -0.4 is 5.32 Å². The van der Waals surface area contributed by atoms with E-state index in [0.717, 1.165) is 45.5 Å². The van der Waals surface area contributed by atoms with Gasteiger partial charge in [0, 0.05) is 46.5 Å². The van der Waals surface area contributed by atoms with Crippen LogP contribution in [0.1, 0.15) is 33.1 Å². The molecule has 1 saturated carbocycles. The van der Waals surface area contributed by atoms with E-state index >= 15 is 0 Å². The molecule has 0 amide bonds. The van der Waals surface area contributed by atoms with Gasteiger partial charge in [0.25, 0.3) is 0 Å². The molecule has 5 nitrogen and oxygen atoms in total. The number of hydrogen-bond acceptors (Lipinski definition) is 5. The summed E-state index contributed by atoms with van der Waals surface area (Å²) in [4.78, 5) is 2.33. The van der Waals surface area contributed by atoms with Crippen molar-refractivity contribution in [2.45, 2.75) is 44.7 Å². The highest BCUT2D eigenvalue weighted by molar-refractivity contribution is 5.17. The third-order valence-electron chi connectivity index (χ3n) is 3.93. The van der Waals surface area contributed by atoms with Gasteiger partial charge >= 0.3 is 0 Å². The number of methoxy groups -OCH3 is 2. The van der Waals surface area contributed by atoms with E-state index in [2.05, 4.69) is 30.1 Å². The lowest BCUT2D eigenvalue weighted by atomic mass is 9.93. The normalized spacial score (nSPS) is 18.0. The van der Waals surface area contributed by atoms with E-state index < -0.39 is 5.54 Å². The van der Waals surface area contributed by atoms with Crippen molar-refractivity contribution in [1.82, 2.24) is 10.2 Å². The van der Waals surface area contributed by atoms with E-state index in [0.29, 0.717) is 18.6 Å². The highest BCUT2D eigenvalue weighted by Gasteiger charge is 2.46. The Bertz CT molecular complexity index is 326. The molecule has 1 rings (SSSR count). The lowest BCUT2D eigenvalue weighted by molar-refractivity contribution is 0.112. The monoisotopic (exact) mass is 297 g/mol. The Kier molecular flexibility index (Phi) is 8.20. The number of nitrogens with one attached hydrogen (secondary N) is 1. The van der Waals surface area contributed by atoms with Crippen LogP contribution in [0.4, 0.5) is 0 Å². The standard InChI is InChI=1S/C16H31N3O2/c1-14(2)18-16(12-17,15-6-7-15)13-19(9-11-21-4)8-5-10-20-3/h14-15,18H,5-11,13H2,1-4H3. The van der Waals surface area contributed by atoms with Gasteiger partial charge in [0.15, 0.2) is 0 Å². The van der Waals surface area contributed by atoms with Crippen LogP contribution in [0, 0.1) is 17.2 Å². The predicted molar refractivity (Wildman–Crippen MR) is 84.1 cm³/mol. The molecule has 0 aromatic rings. The molecular formula is C16H31N3O2. The van der Waals surface area contributed by atoms with Gasteiger partial charge in [-0.05, 0) is 39.0 Å². The summed E-state index contributed by atoms with van der Waals surface area (Å²) < 4.78 is 10.3. The molecule has 0 radical (unpaired) electrons. The van der Waals surface area contributed by atoms with Crippen molar-refractivity contribution in [3.8, 4) is 6.07 Å². The van der Waals surface area contributed by atoms with Crippen LogP contribution in [0.15, 0.2) is 0 Å². The lowest BCUT2D eigenvalue weighted by Crippen LogP contribution is -2.57. The Morgan fingerprint density at radius 3 is 2.38 bits per heavy atom. The Balaban J connectivity index is 2.67. The van der Waals surface area contributed by atoms with Gasteiger partial charge in [0.1, 0.15) is 5.54 Å². The van der Waals surface area contributed by atoms with E-state index in [1.54, 1.807) is 14.2 Å². The first-order chi connectivity index (χ1) is 10.1. The van der Waals surface area contributed by atoms with Gasteiger partial charge in [-0.1, -0.05) is 0 Å². The number of rotatable bonds is 12. The molecule has 1 N–H and O–H groups in total. The second-order valence-corrected chi connectivity index (χ2v) is 6.27. The number of nitrogens with zero attached hydrogens (tertiary/aromatic N) is 2. The zero-order valence-electron chi connectivity index (χ0n) is 14.0. The zero-order chi connectivity index (χ0) is 15.7. The van der Waals surface area contributed by atoms with E-state index in [1.807, 2.05) is 0 Å². The van der Waals surface area contributed by atoms with Gasteiger partial charge in [-0.15, -0.1) is 0 Å². The minimum Gasteiger partial charge on any atom is -0.385 e. The summed E-state index contributed by atoms with van der Waals surface area (Å²) in [6.45, 7) is 8.23. The molecule has 21 heavy (non-hydrogen) atoms. The maximum Gasteiger partial charge on any atom is 0.122 e. The van der Waals surface area contributed by atoms with E-state index in [1.165, 1.54) is 0 Å². The highest BCUT2D eigenvalue weighted by Crippen LogP contribution is 2.40. The number of nitriles is 1. The van der Waals surface area contributed by atoms with Gasteiger partial charge < -0.3 is 9.47 Å². The van der Waals surface area contributed by atoms with Gasteiger partial charge in [0.05, 0.1) is 12.7 Å². The molecule has 0 bridgehead atoms. The molecule has 0 spiro atoms. The summed E-state index contributed by atoms with van der Waals surface area (Å²) in [6.07, 6.45) is 3.29. The van der Waals surface area contributed by atoms with Crippen LogP contribution in [0.25, 0.3) is 0 Å². The Morgan fingerprint density at radius 2 is 1.90 bits per heavy atom. The van der Waals surface area contributed by atoms with Gasteiger partial charge in [0.2, 0.25) is 0 Å². The molecule has 1 unspecified atom stereocenters. The first-order valence-corrected chi connectivity index (χ1v) is 7.97. The van der Waals surface area contributed by atoms with Crippen molar-refractivity contribution in [3.63, 3.8) is 0 Å². The van der Waals surface area contributed by atoms with Crippen molar-refractivity contribution in [3.05, 3.63) is 0 Å². The first-order valence-electron chi connectivity index (χ1n) is 7.97. The summed E-state index contributed by atoms with van der Waals surface area (Å²) in [5, 5.41) is 13.3. The smallest absolute Gasteiger partial charge is 0.122 e. The van der Waals surface area contributed by atoms with Crippen LogP contribution in [0.2, 0.25) is 0 Å². The minimum atomic E-state index is -0.422. The summed E-state index contributed by atoms with van der Waals surface area (Å²) in [5.41, 5.74) is -0.422. The molecule has 5 heteroatoms. The first kappa shape index (κ1) is 18.4. The van der Waals surface area contributed by atoms with Crippen molar-refractivity contribution < 1.29 is 9.47 Å². The summed E-state index contributed by atoms with van der Waals surface area (Å²) >= 11 is 0. The number of ether oxygens (including phenoxy) is 2. The summed E-state index contributed by atoms with van der Waals surface area (Å²) in [6, 6.07) is 2.89. The molecule has 0 aliphatic heterocycles. The maximum absolute atomic E-state index is 9.79. The van der Waals surface area contributed by atoms with Crippen molar-refractivity contribution in [2.24, 2.45) is 5.92 Å². The zero-order valence-corrected chi connectivity index (χ0v) is 14.0. The molecule has 122 valence electrons. The molecule has 0 heterocycles. The molecule has 1 aliphatic carbocycles. The quantitative estimate of drug-likeness (QED) is 0.555. The molecular weight excluding hydrogens is 266 g/mol. The average molecular weight is 297 g/mol. The van der Waals surface area contributed by atoms with Gasteiger partial charge in [-0.25, -0.2) is 0 Å². The van der Waals surface area contributed by atoms with Crippen molar-refractivity contribution in [2.75, 3.05) is 47.1 Å². The van der Waals surface area contributed by atoms with Crippen LogP contribution >= 0.6 is 0 Å². The average Bonchev–Trinajstić information content (AvgIpc) is 3.28. The fourth-order valence-electron chi connectivity index (χ4n) is 2.82. The summed E-state index contributed by atoms with van der Waals surface area (Å²) in [7, 11) is 3.45. The van der Waals surface area contributed by atoms with E-state index in [4.69, 9.17) is 9.47 Å². The fourth-order valence-corrected chi connectivity index (χ4v) is 2.82. The third kappa shape index (κ3) is 6.31. The highest BCUT2D eigenvalue weighted by atomic mass is 16.5. The van der Waals surface area contributed by atoms with Gasteiger partial charge in [-0.2, -0.15) is 5.26 Å². The Labute approximate surface area is 129 Å². The third-order valence-corrected chi connectivity index (χ3v) is 3.93. The SMILES string of the molecule is COCCCN(CCOC)CC(C#N)(NC(C)C)C1CC1. The Hall–Kier alpha value is -0.670. The second-order valence-electron chi connectivity index (χ2n) is 6.27. The van der Waals surface area contributed by atoms with Crippen LogP contribution in [-0.2, 0) is 9.47 Å². The molecule has 1 atom stereocenters. The topological polar surface area (TPSA) is 57.5 Å². The molecule has 1 aliphatic rings. The van der Waals surface area contributed by atoms with Gasteiger partial charge in [-0.3, -0.25) is 10.2 Å². The molecule has 0 aromatic heterocycles. The van der Waals surface area contributed by atoms with Crippen LogP contribution in [0.3, 0.4) is 0 Å². The second kappa shape index (κ2) is 9.37. The lowest BCUT2D eigenvalue weighted by Gasteiger charge is -2.36. The molecule has 1 fully saturated rings. The predicted octanol–water partition coefficient (Wildman–Crippen LogP) is 1.64. The maximum atomic E-state index is 9.79. The Morgan fingerprint density at radius 1 is 1.24 bits per heavy atom. The van der Waals surface area contributed by atoms with Crippen molar-refractivity contribution >= 4 is 0 Å². The van der Waals surface area contributed by atoms with E-state index in [9.17, 15) is 5.26 Å². The van der Waals surface area contributed by atoms with Crippen LogP contribution in [-0.4, -0.2) is 63.5 Å². The van der Waals surface area contributed by atoms with E-state index in [-0.39, 0.29) is 0 Å². The fraction of sp³-hybridized carbons (Fsp3) is 0.938. The number of hydrogen-bond donors (Lipinski definition) is 1. The van der Waals surface area contributed by atoms with Crippen molar-refractivity contribution in [1.29, 1.82) is 5.26 Å². The molecule has 0 aromatic carbocycles. The summed E-state index contributed by atoms with van der Waals surface area (Å²) in [5.74, 6) is 0.484. The largest absolute Gasteiger partial charge is 0.385 e. The minimum absolute atomic E-state index is 0.313. The molecule has 0 saturated heterocycles. The van der Waals surface area contributed by atoms with Crippen LogP contribution in [0.5, 0.6) is 0 Å².